The first kappa shape index (κ1) is 23.5. The number of benzene rings is 2. The van der Waals surface area contributed by atoms with Gasteiger partial charge in [-0.15, -0.1) is 0 Å². The molecule has 0 saturated carbocycles. The van der Waals surface area contributed by atoms with Crippen LogP contribution in [0.2, 0.25) is 0 Å². The molecule has 0 unspecified atom stereocenters. The first-order valence-electron chi connectivity index (χ1n) is 9.41. The molecule has 0 aromatic heterocycles. The molecule has 0 saturated heterocycles. The zero-order valence-corrected chi connectivity index (χ0v) is 18.0. The summed E-state index contributed by atoms with van der Waals surface area (Å²) in [6, 6.07) is 13.4. The Morgan fingerprint density at radius 2 is 1.67 bits per heavy atom. The van der Waals surface area contributed by atoms with Crippen molar-refractivity contribution in [2.45, 2.75) is 19.5 Å². The van der Waals surface area contributed by atoms with E-state index in [1.54, 1.807) is 37.3 Å². The quantitative estimate of drug-likeness (QED) is 0.652. The van der Waals surface area contributed by atoms with Crippen molar-refractivity contribution < 1.29 is 22.4 Å². The van der Waals surface area contributed by atoms with Crippen molar-refractivity contribution in [2.75, 3.05) is 26.4 Å². The number of rotatable bonds is 9. The molecular weight excluding hydrogens is 409 g/mol. The Morgan fingerprint density at radius 1 is 1.07 bits per heavy atom. The highest BCUT2D eigenvalue weighted by Crippen LogP contribution is 2.24. The van der Waals surface area contributed by atoms with E-state index >= 15 is 0 Å². The van der Waals surface area contributed by atoms with Crippen LogP contribution in [-0.2, 0) is 26.2 Å². The van der Waals surface area contributed by atoms with E-state index in [-0.39, 0.29) is 12.5 Å². The average Bonchev–Trinajstić information content (AvgIpc) is 2.69. The van der Waals surface area contributed by atoms with Gasteiger partial charge in [-0.3, -0.25) is 9.59 Å². The molecule has 30 heavy (non-hydrogen) atoms. The number of carbonyl (C=O) groups is 2. The Hall–Kier alpha value is -2.78. The van der Waals surface area contributed by atoms with E-state index in [0.717, 1.165) is 10.6 Å². The van der Waals surface area contributed by atoms with E-state index in [9.17, 15) is 22.4 Å². The second-order valence-corrected chi connectivity index (χ2v) is 8.96. The minimum absolute atomic E-state index is 0.00735. The highest BCUT2D eigenvalue weighted by Gasteiger charge is 2.32. The predicted molar refractivity (Wildman–Crippen MR) is 112 cm³/mol. The second-order valence-electron chi connectivity index (χ2n) is 6.87. The molecule has 1 N–H and O–H groups in total. The molecule has 0 aliphatic heterocycles. The van der Waals surface area contributed by atoms with Crippen LogP contribution in [0.3, 0.4) is 0 Å². The number of sulfonamides is 1. The topological polar surface area (TPSA) is 86.8 Å². The number of amides is 2. The van der Waals surface area contributed by atoms with Crippen LogP contribution in [0.1, 0.15) is 24.1 Å². The van der Waals surface area contributed by atoms with Gasteiger partial charge in [0.05, 0.1) is 12.8 Å². The molecule has 9 heteroatoms. The number of carbonyl (C=O) groups excluding carboxylic acids is 2. The molecule has 0 aliphatic carbocycles. The molecule has 0 spiro atoms. The van der Waals surface area contributed by atoms with Crippen LogP contribution in [0.5, 0.6) is 0 Å². The van der Waals surface area contributed by atoms with Gasteiger partial charge >= 0.3 is 0 Å². The Kier molecular flexibility index (Phi) is 8.08. The summed E-state index contributed by atoms with van der Waals surface area (Å²) in [4.78, 5) is 27.4. The molecular formula is C21H26FN3O4S. The van der Waals surface area contributed by atoms with E-state index < -0.39 is 34.3 Å². The second kappa shape index (κ2) is 10.3. The van der Waals surface area contributed by atoms with Gasteiger partial charge in [0, 0.05) is 20.1 Å². The fraction of sp³-hybridized carbons (Fsp3) is 0.333. The number of nitrogens with one attached hydrogen (secondary N) is 1. The van der Waals surface area contributed by atoms with Crippen molar-refractivity contribution in [1.82, 2.24) is 14.5 Å². The van der Waals surface area contributed by atoms with Crippen molar-refractivity contribution >= 4 is 21.8 Å². The molecule has 0 radical (unpaired) electrons. The molecule has 0 fully saturated rings. The van der Waals surface area contributed by atoms with E-state index in [4.69, 9.17) is 0 Å². The van der Waals surface area contributed by atoms with Gasteiger partial charge in [-0.1, -0.05) is 42.5 Å². The van der Waals surface area contributed by atoms with Gasteiger partial charge in [-0.05, 0) is 30.2 Å². The zero-order chi connectivity index (χ0) is 22.3. The summed E-state index contributed by atoms with van der Waals surface area (Å²) in [7, 11) is -2.30. The molecule has 2 aromatic carbocycles. The zero-order valence-electron chi connectivity index (χ0n) is 17.2. The summed E-state index contributed by atoms with van der Waals surface area (Å²) in [5.74, 6) is -1.36. The van der Waals surface area contributed by atoms with E-state index in [1.807, 2.05) is 0 Å². The maximum Gasteiger partial charge on any atom is 0.247 e. The van der Waals surface area contributed by atoms with Crippen LogP contribution < -0.4 is 5.32 Å². The normalized spacial score (nSPS) is 12.4. The van der Waals surface area contributed by atoms with E-state index in [1.165, 1.54) is 36.2 Å². The third-order valence-corrected chi connectivity index (χ3v) is 5.80. The van der Waals surface area contributed by atoms with Crippen molar-refractivity contribution in [3.05, 3.63) is 71.5 Å². The van der Waals surface area contributed by atoms with Crippen molar-refractivity contribution in [3.63, 3.8) is 0 Å². The van der Waals surface area contributed by atoms with Crippen LogP contribution in [0.25, 0.3) is 0 Å². The van der Waals surface area contributed by atoms with Crippen LogP contribution in [0, 0.1) is 5.82 Å². The number of hydrogen-bond acceptors (Lipinski definition) is 4. The summed E-state index contributed by atoms with van der Waals surface area (Å²) < 4.78 is 37.8. The highest BCUT2D eigenvalue weighted by molar-refractivity contribution is 7.88. The van der Waals surface area contributed by atoms with Crippen LogP contribution >= 0.6 is 0 Å². The lowest BCUT2D eigenvalue weighted by atomic mass is 10.0. The molecule has 0 heterocycles. The lowest BCUT2D eigenvalue weighted by Gasteiger charge is -2.32. The summed E-state index contributed by atoms with van der Waals surface area (Å²) >= 11 is 0. The maximum atomic E-state index is 13.3. The molecule has 0 bridgehead atoms. The van der Waals surface area contributed by atoms with E-state index in [2.05, 4.69) is 5.32 Å². The lowest BCUT2D eigenvalue weighted by Crippen LogP contribution is -2.47. The molecule has 162 valence electrons. The Labute approximate surface area is 176 Å². The van der Waals surface area contributed by atoms with Gasteiger partial charge in [0.15, 0.2) is 0 Å². The number of nitrogens with zero attached hydrogens (tertiary/aromatic N) is 2. The van der Waals surface area contributed by atoms with Crippen molar-refractivity contribution in [1.29, 1.82) is 0 Å². The molecule has 7 nitrogen and oxygen atoms in total. The molecule has 2 aromatic rings. The first-order chi connectivity index (χ1) is 14.1. The van der Waals surface area contributed by atoms with Gasteiger partial charge in [0.25, 0.3) is 0 Å². The Balaban J connectivity index is 2.47. The molecule has 2 amide bonds. The van der Waals surface area contributed by atoms with Crippen molar-refractivity contribution in [2.24, 2.45) is 0 Å². The van der Waals surface area contributed by atoms with Crippen molar-refractivity contribution in [3.8, 4) is 0 Å². The molecule has 1 atom stereocenters. The lowest BCUT2D eigenvalue weighted by molar-refractivity contribution is -0.141. The summed E-state index contributed by atoms with van der Waals surface area (Å²) in [5.41, 5.74) is 1.19. The summed E-state index contributed by atoms with van der Waals surface area (Å²) in [6.45, 7) is 1.71. The van der Waals surface area contributed by atoms with Crippen LogP contribution in [-0.4, -0.2) is 55.8 Å². The van der Waals surface area contributed by atoms with Crippen LogP contribution in [0.4, 0.5) is 4.39 Å². The largest absolute Gasteiger partial charge is 0.354 e. The average molecular weight is 436 g/mol. The smallest absolute Gasteiger partial charge is 0.247 e. The maximum absolute atomic E-state index is 13.3. The van der Waals surface area contributed by atoms with Crippen LogP contribution in [0.15, 0.2) is 54.6 Å². The third kappa shape index (κ3) is 6.36. The van der Waals surface area contributed by atoms with Gasteiger partial charge in [-0.2, -0.15) is 4.31 Å². The van der Waals surface area contributed by atoms with Gasteiger partial charge in [-0.25, -0.2) is 12.8 Å². The summed E-state index contributed by atoms with van der Waals surface area (Å²) in [6.07, 6.45) is 1.00. The van der Waals surface area contributed by atoms with E-state index in [0.29, 0.717) is 17.7 Å². The molecule has 2 rings (SSSR count). The minimum atomic E-state index is -3.59. The molecule has 0 aliphatic rings. The standard InChI is InChI=1S/C21H26FN3O4S/c1-4-23-21(27)20(17-8-6-5-7-9-17)25(14-16-10-12-18(22)13-11-16)19(26)15-24(2)30(3,28)29/h5-13,20H,4,14-15H2,1-3H3,(H,23,27)/t20-/m1/s1. The SMILES string of the molecule is CCNC(=O)[C@@H](c1ccccc1)N(Cc1ccc(F)cc1)C(=O)CN(C)S(C)(=O)=O. The highest BCUT2D eigenvalue weighted by atomic mass is 32.2. The predicted octanol–water partition coefficient (Wildman–Crippen LogP) is 1.92. The number of hydrogen-bond donors (Lipinski definition) is 1. The Bertz CT molecular complexity index is 966. The number of halogens is 1. The van der Waals surface area contributed by atoms with Gasteiger partial charge in [0.1, 0.15) is 11.9 Å². The minimum Gasteiger partial charge on any atom is -0.354 e. The first-order valence-corrected chi connectivity index (χ1v) is 11.3. The fourth-order valence-electron chi connectivity index (χ4n) is 2.89. The third-order valence-electron chi connectivity index (χ3n) is 4.54. The van der Waals surface area contributed by atoms with Gasteiger partial charge < -0.3 is 10.2 Å². The summed E-state index contributed by atoms with van der Waals surface area (Å²) in [5, 5.41) is 2.73. The fourth-order valence-corrected chi connectivity index (χ4v) is 3.23. The monoisotopic (exact) mass is 435 g/mol. The Morgan fingerprint density at radius 3 is 2.20 bits per heavy atom. The van der Waals surface area contributed by atoms with Gasteiger partial charge in [0.2, 0.25) is 21.8 Å². The number of likely N-dealkylation sites (N-methyl/N-ethyl adjacent to an activating group) is 2.